The fourth-order valence-electron chi connectivity index (χ4n) is 2.22. The van der Waals surface area contributed by atoms with Crippen molar-refractivity contribution in [2.24, 2.45) is 5.92 Å². The van der Waals surface area contributed by atoms with Gasteiger partial charge in [0.1, 0.15) is 0 Å². The second-order valence-corrected chi connectivity index (χ2v) is 4.71. The third-order valence-electron chi connectivity index (χ3n) is 3.44. The van der Waals surface area contributed by atoms with Crippen molar-refractivity contribution in [1.82, 2.24) is 4.90 Å². The Balaban J connectivity index is 3.37. The van der Waals surface area contributed by atoms with Crippen molar-refractivity contribution >= 4 is 0 Å². The average molecular weight is 229 g/mol. The van der Waals surface area contributed by atoms with Crippen LogP contribution in [0.3, 0.4) is 0 Å². The van der Waals surface area contributed by atoms with Gasteiger partial charge in [0.2, 0.25) is 0 Å². The highest BCUT2D eigenvalue weighted by Crippen LogP contribution is 2.14. The number of unbranched alkanes of at least 4 members (excludes halogenated alkanes) is 2. The highest BCUT2D eigenvalue weighted by Gasteiger charge is 2.05. The largest absolute Gasteiger partial charge is 0.396 e. The summed E-state index contributed by atoms with van der Waals surface area (Å²) in [5, 5.41) is 9.17. The minimum Gasteiger partial charge on any atom is -0.396 e. The molecular formula is C14H31NO. The van der Waals surface area contributed by atoms with E-state index in [4.69, 9.17) is 5.11 Å². The SMILES string of the molecule is CCC[C@@H](CO)CCCCCN(CC)CC. The van der Waals surface area contributed by atoms with Crippen LogP contribution in [0.2, 0.25) is 0 Å². The molecule has 0 bridgehead atoms. The van der Waals surface area contributed by atoms with E-state index in [1.54, 1.807) is 0 Å². The quantitative estimate of drug-likeness (QED) is 0.550. The predicted octanol–water partition coefficient (Wildman–Crippen LogP) is 3.30. The van der Waals surface area contributed by atoms with Crippen LogP contribution in [-0.4, -0.2) is 36.2 Å². The summed E-state index contributed by atoms with van der Waals surface area (Å²) >= 11 is 0. The Morgan fingerprint density at radius 2 is 1.62 bits per heavy atom. The molecule has 16 heavy (non-hydrogen) atoms. The van der Waals surface area contributed by atoms with Crippen molar-refractivity contribution in [3.8, 4) is 0 Å². The Morgan fingerprint density at radius 3 is 2.12 bits per heavy atom. The molecule has 0 amide bonds. The summed E-state index contributed by atoms with van der Waals surface area (Å²) in [5.74, 6) is 0.554. The van der Waals surface area contributed by atoms with Crippen LogP contribution in [0, 0.1) is 5.92 Å². The van der Waals surface area contributed by atoms with E-state index in [0.717, 1.165) is 0 Å². The van der Waals surface area contributed by atoms with Crippen LogP contribution in [0.25, 0.3) is 0 Å². The molecule has 0 rings (SSSR count). The molecule has 0 radical (unpaired) electrons. The Morgan fingerprint density at radius 1 is 0.938 bits per heavy atom. The van der Waals surface area contributed by atoms with E-state index in [1.165, 1.54) is 58.2 Å². The van der Waals surface area contributed by atoms with E-state index in [1.807, 2.05) is 0 Å². The summed E-state index contributed by atoms with van der Waals surface area (Å²) < 4.78 is 0. The first-order valence-corrected chi connectivity index (χ1v) is 7.11. The highest BCUT2D eigenvalue weighted by molar-refractivity contribution is 4.58. The predicted molar refractivity (Wildman–Crippen MR) is 71.7 cm³/mol. The Kier molecular flexibility index (Phi) is 11.3. The number of aliphatic hydroxyl groups is 1. The molecule has 0 unspecified atom stereocenters. The lowest BCUT2D eigenvalue weighted by atomic mass is 9.97. The van der Waals surface area contributed by atoms with Gasteiger partial charge in [-0.1, -0.05) is 40.0 Å². The maximum absolute atomic E-state index is 9.17. The molecule has 1 N–H and O–H groups in total. The summed E-state index contributed by atoms with van der Waals surface area (Å²) in [6.45, 7) is 10.6. The third-order valence-corrected chi connectivity index (χ3v) is 3.44. The molecule has 2 heteroatoms. The standard InChI is InChI=1S/C14H31NO/c1-4-10-14(13-16)11-8-7-9-12-15(5-2)6-3/h14,16H,4-13H2,1-3H3/t14-/m1/s1. The Hall–Kier alpha value is -0.0800. The van der Waals surface area contributed by atoms with E-state index in [-0.39, 0.29) is 0 Å². The lowest BCUT2D eigenvalue weighted by Gasteiger charge is -2.18. The minimum atomic E-state index is 0.379. The van der Waals surface area contributed by atoms with Gasteiger partial charge in [0, 0.05) is 6.61 Å². The maximum atomic E-state index is 9.17. The van der Waals surface area contributed by atoms with Gasteiger partial charge in [-0.25, -0.2) is 0 Å². The third kappa shape index (κ3) is 8.12. The summed E-state index contributed by atoms with van der Waals surface area (Å²) in [6.07, 6.45) is 7.51. The summed E-state index contributed by atoms with van der Waals surface area (Å²) in [4.78, 5) is 2.48. The first-order chi connectivity index (χ1) is 7.78. The first-order valence-electron chi connectivity index (χ1n) is 7.11. The van der Waals surface area contributed by atoms with Crippen LogP contribution >= 0.6 is 0 Å². The maximum Gasteiger partial charge on any atom is 0.0459 e. The van der Waals surface area contributed by atoms with Crippen LogP contribution in [0.1, 0.15) is 59.3 Å². The highest BCUT2D eigenvalue weighted by atomic mass is 16.3. The Bertz CT molecular complexity index is 135. The van der Waals surface area contributed by atoms with Crippen molar-refractivity contribution in [1.29, 1.82) is 0 Å². The normalized spacial score (nSPS) is 13.3. The van der Waals surface area contributed by atoms with Crippen LogP contribution in [0.4, 0.5) is 0 Å². The average Bonchev–Trinajstić information content (AvgIpc) is 2.32. The summed E-state index contributed by atoms with van der Waals surface area (Å²) in [7, 11) is 0. The molecule has 0 fully saturated rings. The molecule has 0 saturated heterocycles. The number of rotatable bonds is 11. The van der Waals surface area contributed by atoms with Gasteiger partial charge in [0.05, 0.1) is 0 Å². The molecule has 0 spiro atoms. The van der Waals surface area contributed by atoms with Crippen LogP contribution < -0.4 is 0 Å². The van der Waals surface area contributed by atoms with Crippen molar-refractivity contribution in [3.05, 3.63) is 0 Å². The molecule has 0 heterocycles. The number of aliphatic hydroxyl groups excluding tert-OH is 1. The molecule has 0 aliphatic heterocycles. The topological polar surface area (TPSA) is 23.5 Å². The zero-order chi connectivity index (χ0) is 12.2. The van der Waals surface area contributed by atoms with E-state index in [2.05, 4.69) is 25.7 Å². The van der Waals surface area contributed by atoms with Gasteiger partial charge >= 0.3 is 0 Å². The molecule has 0 aromatic rings. The minimum absolute atomic E-state index is 0.379. The number of hydrogen-bond acceptors (Lipinski definition) is 2. The number of hydrogen-bond donors (Lipinski definition) is 1. The lowest BCUT2D eigenvalue weighted by Crippen LogP contribution is -2.23. The molecule has 2 nitrogen and oxygen atoms in total. The monoisotopic (exact) mass is 229 g/mol. The zero-order valence-corrected chi connectivity index (χ0v) is 11.5. The van der Waals surface area contributed by atoms with Crippen molar-refractivity contribution in [3.63, 3.8) is 0 Å². The molecule has 0 aromatic heterocycles. The molecule has 98 valence electrons. The Labute approximate surface area is 102 Å². The second-order valence-electron chi connectivity index (χ2n) is 4.71. The van der Waals surface area contributed by atoms with Gasteiger partial charge < -0.3 is 10.0 Å². The van der Waals surface area contributed by atoms with Gasteiger partial charge in [0.15, 0.2) is 0 Å². The fraction of sp³-hybridized carbons (Fsp3) is 1.00. The van der Waals surface area contributed by atoms with Gasteiger partial charge in [-0.3, -0.25) is 0 Å². The van der Waals surface area contributed by atoms with Crippen LogP contribution in [0.5, 0.6) is 0 Å². The molecule has 0 aliphatic rings. The van der Waals surface area contributed by atoms with Gasteiger partial charge in [0.25, 0.3) is 0 Å². The lowest BCUT2D eigenvalue weighted by molar-refractivity contribution is 0.205. The van der Waals surface area contributed by atoms with E-state index in [0.29, 0.717) is 12.5 Å². The smallest absolute Gasteiger partial charge is 0.0459 e. The first kappa shape index (κ1) is 15.9. The van der Waals surface area contributed by atoms with Crippen LogP contribution in [-0.2, 0) is 0 Å². The fourth-order valence-corrected chi connectivity index (χ4v) is 2.22. The molecular weight excluding hydrogens is 198 g/mol. The zero-order valence-electron chi connectivity index (χ0n) is 11.5. The van der Waals surface area contributed by atoms with Gasteiger partial charge in [-0.2, -0.15) is 0 Å². The summed E-state index contributed by atoms with van der Waals surface area (Å²) in [6, 6.07) is 0. The van der Waals surface area contributed by atoms with Crippen molar-refractivity contribution < 1.29 is 5.11 Å². The molecule has 0 saturated carbocycles. The van der Waals surface area contributed by atoms with Gasteiger partial charge in [-0.05, 0) is 44.8 Å². The van der Waals surface area contributed by atoms with Gasteiger partial charge in [-0.15, -0.1) is 0 Å². The molecule has 1 atom stereocenters. The van der Waals surface area contributed by atoms with Crippen LogP contribution in [0.15, 0.2) is 0 Å². The van der Waals surface area contributed by atoms with E-state index in [9.17, 15) is 0 Å². The second kappa shape index (κ2) is 11.4. The van der Waals surface area contributed by atoms with Crippen molar-refractivity contribution in [2.45, 2.75) is 59.3 Å². The summed E-state index contributed by atoms with van der Waals surface area (Å²) in [5.41, 5.74) is 0. The van der Waals surface area contributed by atoms with Crippen molar-refractivity contribution in [2.75, 3.05) is 26.2 Å². The van der Waals surface area contributed by atoms with E-state index < -0.39 is 0 Å². The van der Waals surface area contributed by atoms with E-state index >= 15 is 0 Å². The molecule has 0 aliphatic carbocycles. The number of nitrogens with zero attached hydrogens (tertiary/aromatic N) is 1. The molecule has 0 aromatic carbocycles.